The summed E-state index contributed by atoms with van der Waals surface area (Å²) in [6.45, 7) is 0.804. The van der Waals surface area contributed by atoms with Gasteiger partial charge in [0, 0.05) is 26.6 Å². The van der Waals surface area contributed by atoms with Gasteiger partial charge in [0.05, 0.1) is 30.7 Å². The molecule has 10 heteroatoms. The number of para-hydroxylation sites is 1. The van der Waals surface area contributed by atoms with Crippen molar-refractivity contribution in [1.29, 1.82) is 0 Å². The molecule has 39 heavy (non-hydrogen) atoms. The lowest BCUT2D eigenvalue weighted by Crippen LogP contribution is -2.48. The van der Waals surface area contributed by atoms with Crippen molar-refractivity contribution in [2.45, 2.75) is 38.0 Å². The maximum Gasteiger partial charge on any atom is 0.234 e. The second kappa shape index (κ2) is 16.1. The summed E-state index contributed by atoms with van der Waals surface area (Å²) in [5, 5.41) is 17.1. The summed E-state index contributed by atoms with van der Waals surface area (Å²) in [4.78, 5) is 12.8. The van der Waals surface area contributed by atoms with E-state index in [1.165, 1.54) is 11.4 Å². The molecule has 1 amide bonds. The van der Waals surface area contributed by atoms with Crippen LogP contribution in [0.5, 0.6) is 5.75 Å². The molecule has 2 atom stereocenters. The molecule has 212 valence electrons. The van der Waals surface area contributed by atoms with Crippen LogP contribution < -0.4 is 19.7 Å². The van der Waals surface area contributed by atoms with Gasteiger partial charge in [-0.05, 0) is 48.2 Å². The van der Waals surface area contributed by atoms with Gasteiger partial charge >= 0.3 is 0 Å². The number of amides is 1. The number of carbonyl (C=O) groups excluding carboxylic acids is 1. The van der Waals surface area contributed by atoms with Gasteiger partial charge in [-0.3, -0.25) is 9.10 Å². The number of nitrogens with zero attached hydrogens (tertiary/aromatic N) is 1. The van der Waals surface area contributed by atoms with Gasteiger partial charge in [-0.25, -0.2) is 8.42 Å². The van der Waals surface area contributed by atoms with Crippen molar-refractivity contribution in [3.05, 3.63) is 96.1 Å². The van der Waals surface area contributed by atoms with E-state index in [4.69, 9.17) is 4.74 Å². The molecular formula is C29H38ClN3O5S. The molecule has 0 aromatic heterocycles. The molecule has 0 saturated heterocycles. The summed E-state index contributed by atoms with van der Waals surface area (Å²) >= 11 is 0. The van der Waals surface area contributed by atoms with E-state index in [-0.39, 0.29) is 43.5 Å². The molecule has 0 saturated carbocycles. The van der Waals surface area contributed by atoms with Gasteiger partial charge in [-0.1, -0.05) is 60.7 Å². The number of anilines is 1. The van der Waals surface area contributed by atoms with Crippen molar-refractivity contribution in [3.63, 3.8) is 0 Å². The van der Waals surface area contributed by atoms with E-state index in [0.29, 0.717) is 18.7 Å². The quantitative estimate of drug-likeness (QED) is 0.256. The van der Waals surface area contributed by atoms with Gasteiger partial charge in [0.2, 0.25) is 15.9 Å². The van der Waals surface area contributed by atoms with Crippen LogP contribution in [-0.4, -0.2) is 58.0 Å². The van der Waals surface area contributed by atoms with Gasteiger partial charge < -0.3 is 20.5 Å². The van der Waals surface area contributed by atoms with Crippen LogP contribution in [0.3, 0.4) is 0 Å². The number of benzene rings is 3. The molecule has 0 aliphatic rings. The summed E-state index contributed by atoms with van der Waals surface area (Å²) in [7, 11) is -0.436. The number of hydrogen-bond acceptors (Lipinski definition) is 6. The molecule has 0 heterocycles. The second-order valence-electron chi connectivity index (χ2n) is 9.14. The van der Waals surface area contributed by atoms with E-state index < -0.39 is 22.2 Å². The predicted octanol–water partition coefficient (Wildman–Crippen LogP) is 3.54. The first-order valence-electron chi connectivity index (χ1n) is 12.6. The van der Waals surface area contributed by atoms with Crippen LogP contribution in [0.2, 0.25) is 0 Å². The highest BCUT2D eigenvalue weighted by molar-refractivity contribution is 7.92. The van der Waals surface area contributed by atoms with Crippen molar-refractivity contribution >= 4 is 34.0 Å². The first kappa shape index (κ1) is 32.1. The molecule has 0 aliphatic heterocycles. The second-order valence-corrected chi connectivity index (χ2v) is 11.3. The monoisotopic (exact) mass is 575 g/mol. The van der Waals surface area contributed by atoms with Crippen LogP contribution in [0.4, 0.5) is 5.69 Å². The van der Waals surface area contributed by atoms with Gasteiger partial charge in [-0.2, -0.15) is 0 Å². The van der Waals surface area contributed by atoms with E-state index in [1.807, 2.05) is 60.7 Å². The van der Waals surface area contributed by atoms with E-state index in [2.05, 4.69) is 10.6 Å². The molecule has 3 rings (SSSR count). The minimum absolute atomic E-state index is 0. The fourth-order valence-corrected chi connectivity index (χ4v) is 5.30. The smallest absolute Gasteiger partial charge is 0.234 e. The number of rotatable bonds is 15. The Bertz CT molecular complexity index is 1250. The normalized spacial score (nSPS) is 12.6. The van der Waals surface area contributed by atoms with Gasteiger partial charge in [0.1, 0.15) is 5.75 Å². The Balaban J connectivity index is 0.00000533. The Labute approximate surface area is 237 Å². The standard InChI is InChI=1S/C29H37N3O5S.ClH/c1-32(25-14-7-4-8-15-25)38(35,36)18-10-17-29(34)31-27(20-23-11-5-3-6-12-23)28(33)22-30-21-24-13-9-16-26(19-24)37-2;/h3-9,11-16,19,27-28,30,33H,10,17-18,20-22H2,1-2H3,(H,31,34);1H/t27-,28+;/m0./s1. The third-order valence-corrected chi connectivity index (χ3v) is 8.12. The van der Waals surface area contributed by atoms with E-state index in [0.717, 1.165) is 16.9 Å². The zero-order valence-electron chi connectivity index (χ0n) is 22.3. The number of ether oxygens (including phenoxy) is 1. The molecule has 0 spiro atoms. The molecule has 3 aromatic rings. The highest BCUT2D eigenvalue weighted by Gasteiger charge is 2.23. The lowest BCUT2D eigenvalue weighted by molar-refractivity contribution is -0.122. The molecule has 3 N–H and O–H groups in total. The Kier molecular flexibility index (Phi) is 13.3. The topological polar surface area (TPSA) is 108 Å². The zero-order chi connectivity index (χ0) is 27.4. The van der Waals surface area contributed by atoms with E-state index in [1.54, 1.807) is 31.4 Å². The van der Waals surface area contributed by atoms with Crippen molar-refractivity contribution < 1.29 is 23.1 Å². The summed E-state index contributed by atoms with van der Waals surface area (Å²) < 4.78 is 31.9. The van der Waals surface area contributed by atoms with E-state index in [9.17, 15) is 18.3 Å². The number of methoxy groups -OCH3 is 1. The average molecular weight is 576 g/mol. The summed E-state index contributed by atoms with van der Waals surface area (Å²) in [6.07, 6.45) is -0.188. The zero-order valence-corrected chi connectivity index (χ0v) is 24.0. The Morgan fingerprint density at radius 1 is 0.974 bits per heavy atom. The first-order valence-corrected chi connectivity index (χ1v) is 14.3. The molecule has 0 aliphatic carbocycles. The predicted molar refractivity (Wildman–Crippen MR) is 158 cm³/mol. The third kappa shape index (κ3) is 10.5. The largest absolute Gasteiger partial charge is 0.497 e. The van der Waals surface area contributed by atoms with Crippen molar-refractivity contribution in [3.8, 4) is 5.75 Å². The molecular weight excluding hydrogens is 538 g/mol. The van der Waals surface area contributed by atoms with Crippen molar-refractivity contribution in [1.82, 2.24) is 10.6 Å². The summed E-state index contributed by atoms with van der Waals surface area (Å²) in [5.41, 5.74) is 2.57. The summed E-state index contributed by atoms with van der Waals surface area (Å²) in [6, 6.07) is 25.6. The van der Waals surface area contributed by atoms with Gasteiger partial charge in [0.25, 0.3) is 0 Å². The van der Waals surface area contributed by atoms with Crippen LogP contribution in [0.1, 0.15) is 24.0 Å². The molecule has 0 fully saturated rings. The molecule has 3 aromatic carbocycles. The van der Waals surface area contributed by atoms with Crippen LogP contribution >= 0.6 is 12.4 Å². The number of carbonyl (C=O) groups is 1. The highest BCUT2D eigenvalue weighted by Crippen LogP contribution is 2.16. The lowest BCUT2D eigenvalue weighted by atomic mass is 10.0. The average Bonchev–Trinajstić information content (AvgIpc) is 2.93. The highest BCUT2D eigenvalue weighted by atomic mass is 35.5. The summed E-state index contributed by atoms with van der Waals surface area (Å²) in [5.74, 6) is 0.311. The lowest BCUT2D eigenvalue weighted by Gasteiger charge is -2.25. The fourth-order valence-electron chi connectivity index (χ4n) is 4.07. The molecule has 0 unspecified atom stereocenters. The molecule has 0 bridgehead atoms. The number of hydrogen-bond donors (Lipinski definition) is 3. The number of nitrogens with one attached hydrogen (secondary N) is 2. The van der Waals surface area contributed by atoms with Crippen LogP contribution in [0.15, 0.2) is 84.9 Å². The van der Waals surface area contributed by atoms with Crippen LogP contribution in [-0.2, 0) is 27.8 Å². The molecule has 8 nitrogen and oxygen atoms in total. The van der Waals surface area contributed by atoms with Gasteiger partial charge in [-0.15, -0.1) is 12.4 Å². The van der Waals surface area contributed by atoms with Gasteiger partial charge in [0.15, 0.2) is 0 Å². The van der Waals surface area contributed by atoms with E-state index >= 15 is 0 Å². The first-order chi connectivity index (χ1) is 18.3. The van der Waals surface area contributed by atoms with Crippen molar-refractivity contribution in [2.75, 3.05) is 30.8 Å². The minimum Gasteiger partial charge on any atom is -0.497 e. The van der Waals surface area contributed by atoms with Crippen molar-refractivity contribution in [2.24, 2.45) is 0 Å². The number of sulfonamides is 1. The van der Waals surface area contributed by atoms with Crippen LogP contribution in [0, 0.1) is 0 Å². The number of halogens is 1. The maximum atomic E-state index is 12.8. The Morgan fingerprint density at radius 2 is 1.62 bits per heavy atom. The minimum atomic E-state index is -3.56. The maximum absolute atomic E-state index is 12.8. The Morgan fingerprint density at radius 3 is 2.28 bits per heavy atom. The third-order valence-electron chi connectivity index (χ3n) is 6.27. The Hall–Kier alpha value is -3.11. The molecule has 0 radical (unpaired) electrons. The fraction of sp³-hybridized carbons (Fsp3) is 0.345. The number of aliphatic hydroxyl groups excluding tert-OH is 1. The number of aliphatic hydroxyl groups is 1. The SMILES string of the molecule is COc1cccc(CNC[C@@H](O)[C@H](Cc2ccccc2)NC(=O)CCCS(=O)(=O)N(C)c2ccccc2)c1.Cl. The van der Waals surface area contributed by atoms with Crippen LogP contribution in [0.25, 0.3) is 0 Å².